The normalized spacial score (nSPS) is 16.2. The van der Waals surface area contributed by atoms with Gasteiger partial charge in [-0.3, -0.25) is 0 Å². The van der Waals surface area contributed by atoms with E-state index in [1.807, 2.05) is 18.2 Å². The van der Waals surface area contributed by atoms with E-state index in [1.165, 1.54) is 35.8 Å². The number of para-hydroxylation sites is 2. The Morgan fingerprint density at radius 2 is 1.34 bits per heavy atom. The van der Waals surface area contributed by atoms with Crippen molar-refractivity contribution < 1.29 is 9.59 Å². The molecule has 8 rings (SSSR count). The molecule has 0 amide bonds. The first kappa shape index (κ1) is 25.0. The zero-order valence-corrected chi connectivity index (χ0v) is 26.6. The van der Waals surface area contributed by atoms with E-state index < -0.39 is 8.07 Å². The molecule has 0 bridgehead atoms. The number of nitrogens with zero attached hydrogens (tertiary/aromatic N) is 1. The molecule has 2 aliphatic rings. The number of hydrogen-bond donors (Lipinski definition) is 0. The molecular weight excluding hydrogens is 652 g/mol. The van der Waals surface area contributed by atoms with Gasteiger partial charge in [0.2, 0.25) is 0 Å². The number of Topliss-reactive ketones (excluding diaryl/α,β-unsaturated/α-hetero) is 2. The summed E-state index contributed by atoms with van der Waals surface area (Å²) in [6, 6.07) is 38.8. The Bertz CT molecular complexity index is 1970. The van der Waals surface area contributed by atoms with Gasteiger partial charge in [0.1, 0.15) is 0 Å². The van der Waals surface area contributed by atoms with E-state index in [0.29, 0.717) is 16.7 Å². The fraction of sp³-hybridized carbons (Fsp3) is 0.0286. The molecule has 0 saturated carbocycles. The molecule has 3 nitrogen and oxygen atoms in total. The zero-order chi connectivity index (χ0) is 27.7. The Hall–Kier alpha value is -3.76. The first-order valence-corrected chi connectivity index (χ1v) is 19.6. The first-order valence-electron chi connectivity index (χ1n) is 13.5. The van der Waals surface area contributed by atoms with Gasteiger partial charge in [0.05, 0.1) is 0 Å². The summed E-state index contributed by atoms with van der Waals surface area (Å²) in [7, 11) is -2.24. The second-order valence-corrected chi connectivity index (χ2v) is 18.8. The number of rotatable bonds is 3. The summed E-state index contributed by atoms with van der Waals surface area (Å²) in [6.07, 6.45) is 1.85. The van der Waals surface area contributed by atoms with E-state index in [-0.39, 0.29) is 40.6 Å². The van der Waals surface area contributed by atoms with Gasteiger partial charge in [0.15, 0.2) is 0 Å². The molecule has 4 aromatic carbocycles. The Kier molecular flexibility index (Phi) is 5.72. The van der Waals surface area contributed by atoms with E-state index in [0.717, 1.165) is 9.82 Å². The molecule has 2 aromatic heterocycles. The van der Waals surface area contributed by atoms with Gasteiger partial charge in [-0.1, -0.05) is 0 Å². The molecule has 0 saturated heterocycles. The van der Waals surface area contributed by atoms with Gasteiger partial charge in [-0.25, -0.2) is 0 Å². The fourth-order valence-electron chi connectivity index (χ4n) is 6.37. The third-order valence-corrected chi connectivity index (χ3v) is 16.9. The minimum absolute atomic E-state index is 0.0712. The van der Waals surface area contributed by atoms with Crippen LogP contribution < -0.4 is 20.5 Å². The molecule has 0 N–H and O–H groups in total. The summed E-state index contributed by atoms with van der Waals surface area (Å²) in [5.74, 6) is -0.289. The van der Waals surface area contributed by atoms with Crippen molar-refractivity contribution in [2.75, 3.05) is 4.90 Å². The van der Waals surface area contributed by atoms with Crippen molar-refractivity contribution in [3.8, 4) is 0 Å². The molecule has 0 radical (unpaired) electrons. The molecule has 0 atom stereocenters. The van der Waals surface area contributed by atoms with Crippen LogP contribution >= 0.6 is 0 Å². The minimum atomic E-state index is -2.24. The van der Waals surface area contributed by atoms with Gasteiger partial charge in [-0.05, 0) is 0 Å². The van der Waals surface area contributed by atoms with Crippen molar-refractivity contribution in [1.82, 2.24) is 0 Å². The monoisotopic (exact) mass is 677 g/mol. The summed E-state index contributed by atoms with van der Waals surface area (Å²) in [4.78, 5) is 31.3. The molecule has 0 fully saturated rings. The number of hydrogen-bond acceptors (Lipinski definition) is 3. The molecule has 41 heavy (non-hydrogen) atoms. The SMILES string of the molecule is C[Si]1(c2ccccc2)c2ccccc2N(c2ccc(/C=C3\C(=O)c4cc5cc[se]c5cc4C3=O)[se]2)c2ccccc21. The van der Waals surface area contributed by atoms with Crippen LogP contribution in [0, 0.1) is 0 Å². The van der Waals surface area contributed by atoms with Gasteiger partial charge in [-0.2, -0.15) is 0 Å². The van der Waals surface area contributed by atoms with Crippen molar-refractivity contribution in [3.05, 3.63) is 135 Å². The van der Waals surface area contributed by atoms with Crippen molar-refractivity contribution >= 4 is 95.9 Å². The van der Waals surface area contributed by atoms with E-state index >= 15 is 0 Å². The van der Waals surface area contributed by atoms with Crippen LogP contribution in [0.25, 0.3) is 15.7 Å². The molecule has 196 valence electrons. The fourth-order valence-corrected chi connectivity index (χ4v) is 14.2. The van der Waals surface area contributed by atoms with Gasteiger partial charge in [0, 0.05) is 0 Å². The van der Waals surface area contributed by atoms with E-state index in [1.54, 1.807) is 0 Å². The maximum atomic E-state index is 13.4. The van der Waals surface area contributed by atoms with Crippen molar-refractivity contribution in [2.24, 2.45) is 0 Å². The summed E-state index contributed by atoms with van der Waals surface area (Å²) in [5.41, 5.74) is 3.86. The van der Waals surface area contributed by atoms with Gasteiger partial charge in [0.25, 0.3) is 0 Å². The number of fused-ring (bicyclic) bond motifs is 4. The summed E-state index contributed by atoms with van der Waals surface area (Å²) in [5, 5.41) is 5.27. The molecule has 1 aliphatic heterocycles. The Balaban J connectivity index is 1.24. The maximum absolute atomic E-state index is 13.4. The third kappa shape index (κ3) is 3.69. The van der Waals surface area contributed by atoms with Crippen LogP contribution in [-0.4, -0.2) is 48.6 Å². The van der Waals surface area contributed by atoms with Crippen LogP contribution in [-0.2, 0) is 0 Å². The standard InChI is InChI=1S/C35H23NO2Se2Si/c1-41(24-9-3-2-4-10-24)31-13-7-5-11-28(31)36(29-12-6-8-14-32(29)41)33-16-15-23(40-33)20-27-34(37)25-19-22-17-18-39-30(22)21-26(25)35(27)38/h2-21H,1H3/b27-20+. The van der Waals surface area contributed by atoms with Gasteiger partial charge in [-0.15, -0.1) is 0 Å². The quantitative estimate of drug-likeness (QED) is 0.145. The van der Waals surface area contributed by atoms with Crippen LogP contribution in [0.4, 0.5) is 15.9 Å². The van der Waals surface area contributed by atoms with Crippen LogP contribution in [0.2, 0.25) is 6.55 Å². The predicted molar refractivity (Wildman–Crippen MR) is 173 cm³/mol. The molecule has 3 heterocycles. The molecule has 6 aromatic rings. The number of carbonyl (C=O) groups is 2. The van der Waals surface area contributed by atoms with Crippen LogP contribution in [0.3, 0.4) is 0 Å². The van der Waals surface area contributed by atoms with Crippen molar-refractivity contribution in [2.45, 2.75) is 6.55 Å². The molecular formula is C35H23NO2Se2Si. The van der Waals surface area contributed by atoms with Gasteiger partial charge >= 0.3 is 252 Å². The summed E-state index contributed by atoms with van der Waals surface area (Å²) < 4.78 is 3.42. The van der Waals surface area contributed by atoms with E-state index in [2.05, 4.69) is 113 Å². The van der Waals surface area contributed by atoms with Crippen LogP contribution in [0.15, 0.2) is 120 Å². The Morgan fingerprint density at radius 3 is 2.05 bits per heavy atom. The van der Waals surface area contributed by atoms with E-state index in [4.69, 9.17) is 0 Å². The second-order valence-electron chi connectivity index (χ2n) is 10.6. The number of ketones is 2. The third-order valence-electron chi connectivity index (χ3n) is 8.41. The van der Waals surface area contributed by atoms with Gasteiger partial charge < -0.3 is 0 Å². The number of anilines is 3. The van der Waals surface area contributed by atoms with Crippen molar-refractivity contribution in [1.29, 1.82) is 0 Å². The van der Waals surface area contributed by atoms with Crippen LogP contribution in [0.5, 0.6) is 0 Å². The second kappa shape index (κ2) is 9.39. The molecule has 0 spiro atoms. The Morgan fingerprint density at radius 1 is 0.707 bits per heavy atom. The van der Waals surface area contributed by atoms with E-state index in [9.17, 15) is 9.59 Å². The average molecular weight is 676 g/mol. The molecule has 0 unspecified atom stereocenters. The number of carbonyl (C=O) groups excluding carboxylic acids is 2. The molecule has 6 heteroatoms. The Labute approximate surface area is 250 Å². The number of benzene rings is 4. The van der Waals surface area contributed by atoms with Crippen LogP contribution in [0.1, 0.15) is 25.2 Å². The average Bonchev–Trinajstić information content (AvgIpc) is 3.73. The zero-order valence-electron chi connectivity index (χ0n) is 22.1. The number of allylic oxidation sites excluding steroid dienone is 1. The topological polar surface area (TPSA) is 37.4 Å². The molecule has 1 aliphatic carbocycles. The predicted octanol–water partition coefficient (Wildman–Crippen LogP) is 5.30. The summed E-state index contributed by atoms with van der Waals surface area (Å²) in [6.45, 7) is 2.46. The van der Waals surface area contributed by atoms with Crippen molar-refractivity contribution in [3.63, 3.8) is 0 Å². The summed E-state index contributed by atoms with van der Waals surface area (Å²) >= 11 is 0.161. The first-order chi connectivity index (χ1) is 20.0.